The summed E-state index contributed by atoms with van der Waals surface area (Å²) in [6.07, 6.45) is 0. The Kier molecular flexibility index (Phi) is 7.43. The minimum absolute atomic E-state index is 0.140. The molecule has 6 heteroatoms. The van der Waals surface area contributed by atoms with Gasteiger partial charge in [-0.05, 0) is 6.54 Å². The Morgan fingerprint density at radius 1 is 1.08 bits per heavy atom. The standard InChI is InChI=1S/C7H19NO4Si/c1-10-13(11-2,12-3)7-5-8-4-6-9/h8-9H,4-7H2,1-3H3. The SMILES string of the molecule is CO[Si](CCNCCO)(OC)OC. The lowest BCUT2D eigenvalue weighted by Crippen LogP contribution is -2.45. The van der Waals surface area contributed by atoms with Crippen LogP contribution in [0.3, 0.4) is 0 Å². The third-order valence-corrected chi connectivity index (χ3v) is 4.56. The minimum atomic E-state index is -2.41. The Balaban J connectivity index is 3.68. The number of hydrogen-bond donors (Lipinski definition) is 2. The predicted molar refractivity (Wildman–Crippen MR) is 51.5 cm³/mol. The zero-order chi connectivity index (χ0) is 10.2. The molecule has 0 aromatic heterocycles. The van der Waals surface area contributed by atoms with Gasteiger partial charge in [0.05, 0.1) is 6.61 Å². The number of aliphatic hydroxyl groups excluding tert-OH is 1. The molecule has 0 unspecified atom stereocenters. The van der Waals surface area contributed by atoms with E-state index >= 15 is 0 Å². The topological polar surface area (TPSA) is 60.0 Å². The van der Waals surface area contributed by atoms with Gasteiger partial charge in [-0.3, -0.25) is 0 Å². The van der Waals surface area contributed by atoms with Crippen molar-refractivity contribution in [1.82, 2.24) is 5.32 Å². The first-order valence-electron chi connectivity index (χ1n) is 4.21. The van der Waals surface area contributed by atoms with Crippen molar-refractivity contribution in [3.05, 3.63) is 0 Å². The Morgan fingerprint density at radius 2 is 1.62 bits per heavy atom. The van der Waals surface area contributed by atoms with Crippen LogP contribution in [0, 0.1) is 0 Å². The van der Waals surface area contributed by atoms with Crippen LogP contribution < -0.4 is 5.32 Å². The van der Waals surface area contributed by atoms with Crippen LogP contribution in [0.2, 0.25) is 6.04 Å². The van der Waals surface area contributed by atoms with Gasteiger partial charge >= 0.3 is 8.80 Å². The number of nitrogens with one attached hydrogen (secondary N) is 1. The molecule has 0 spiro atoms. The molecule has 0 radical (unpaired) electrons. The first kappa shape index (κ1) is 13.0. The maximum Gasteiger partial charge on any atom is 0.501 e. The van der Waals surface area contributed by atoms with Crippen molar-refractivity contribution in [3.63, 3.8) is 0 Å². The molecule has 0 aliphatic rings. The molecule has 0 fully saturated rings. The van der Waals surface area contributed by atoms with E-state index in [1.54, 1.807) is 21.3 Å². The Morgan fingerprint density at radius 3 is 2.00 bits per heavy atom. The third-order valence-electron chi connectivity index (χ3n) is 1.83. The quantitative estimate of drug-likeness (QED) is 0.415. The van der Waals surface area contributed by atoms with Gasteiger partial charge < -0.3 is 23.7 Å². The molecule has 0 aliphatic carbocycles. The lowest BCUT2D eigenvalue weighted by Gasteiger charge is -2.24. The van der Waals surface area contributed by atoms with Gasteiger partial charge in [-0.15, -0.1) is 0 Å². The Bertz CT molecular complexity index is 113. The first-order chi connectivity index (χ1) is 6.24. The van der Waals surface area contributed by atoms with Gasteiger partial charge in [0.2, 0.25) is 0 Å². The molecule has 0 saturated heterocycles. The van der Waals surface area contributed by atoms with Crippen LogP contribution in [-0.4, -0.2) is 54.9 Å². The van der Waals surface area contributed by atoms with Gasteiger partial charge in [-0.25, -0.2) is 0 Å². The lowest BCUT2D eigenvalue weighted by atomic mass is 10.6. The molecule has 0 rings (SSSR count). The van der Waals surface area contributed by atoms with E-state index in [0.29, 0.717) is 12.6 Å². The van der Waals surface area contributed by atoms with Gasteiger partial charge in [-0.1, -0.05) is 0 Å². The van der Waals surface area contributed by atoms with Crippen molar-refractivity contribution in [2.75, 3.05) is 41.0 Å². The summed E-state index contributed by atoms with van der Waals surface area (Å²) in [5.41, 5.74) is 0. The molecule has 0 aliphatic heterocycles. The molecule has 80 valence electrons. The van der Waals surface area contributed by atoms with E-state index in [9.17, 15) is 0 Å². The highest BCUT2D eigenvalue weighted by Gasteiger charge is 2.36. The second-order valence-corrected chi connectivity index (χ2v) is 5.61. The summed E-state index contributed by atoms with van der Waals surface area (Å²) in [5, 5.41) is 11.6. The van der Waals surface area contributed by atoms with Crippen molar-refractivity contribution in [2.45, 2.75) is 6.04 Å². The van der Waals surface area contributed by atoms with Crippen molar-refractivity contribution in [3.8, 4) is 0 Å². The summed E-state index contributed by atoms with van der Waals surface area (Å²) in [7, 11) is 2.35. The molecule has 5 nitrogen and oxygen atoms in total. The van der Waals surface area contributed by atoms with Crippen molar-refractivity contribution in [1.29, 1.82) is 0 Å². The van der Waals surface area contributed by atoms with Crippen LogP contribution in [0.1, 0.15) is 0 Å². The van der Waals surface area contributed by atoms with E-state index in [-0.39, 0.29) is 6.61 Å². The van der Waals surface area contributed by atoms with Crippen LogP contribution in [0.5, 0.6) is 0 Å². The van der Waals surface area contributed by atoms with Crippen LogP contribution in [0.25, 0.3) is 0 Å². The van der Waals surface area contributed by atoms with E-state index in [4.69, 9.17) is 18.4 Å². The van der Waals surface area contributed by atoms with Crippen molar-refractivity contribution >= 4 is 8.80 Å². The molecule has 0 bridgehead atoms. The Hall–Kier alpha value is 0.0169. The van der Waals surface area contributed by atoms with Gasteiger partial charge in [-0.2, -0.15) is 0 Å². The zero-order valence-corrected chi connectivity index (χ0v) is 9.50. The summed E-state index contributed by atoms with van der Waals surface area (Å²) in [6.45, 7) is 1.45. The molecular formula is C7H19NO4Si. The van der Waals surface area contributed by atoms with Crippen LogP contribution >= 0.6 is 0 Å². The lowest BCUT2D eigenvalue weighted by molar-refractivity contribution is 0.123. The fourth-order valence-corrected chi connectivity index (χ4v) is 2.60. The summed E-state index contributed by atoms with van der Waals surface area (Å²) < 4.78 is 15.6. The van der Waals surface area contributed by atoms with E-state index in [2.05, 4.69) is 5.32 Å². The molecule has 0 atom stereocenters. The van der Waals surface area contributed by atoms with Gasteiger partial charge in [0.15, 0.2) is 0 Å². The molecule has 0 aromatic rings. The minimum Gasteiger partial charge on any atom is -0.395 e. The van der Waals surface area contributed by atoms with E-state index in [1.165, 1.54) is 0 Å². The fraction of sp³-hybridized carbons (Fsp3) is 1.00. The van der Waals surface area contributed by atoms with E-state index < -0.39 is 8.80 Å². The normalized spacial score (nSPS) is 12.0. The zero-order valence-electron chi connectivity index (χ0n) is 8.50. The summed E-state index contributed by atoms with van der Waals surface area (Å²) in [6, 6.07) is 0.705. The van der Waals surface area contributed by atoms with Gasteiger partial charge in [0, 0.05) is 33.9 Å². The van der Waals surface area contributed by atoms with E-state index in [0.717, 1.165) is 6.54 Å². The largest absolute Gasteiger partial charge is 0.501 e. The van der Waals surface area contributed by atoms with Crippen molar-refractivity contribution < 1.29 is 18.4 Å². The third kappa shape index (κ3) is 4.70. The monoisotopic (exact) mass is 209 g/mol. The molecular weight excluding hydrogens is 190 g/mol. The summed E-state index contributed by atoms with van der Waals surface area (Å²) in [4.78, 5) is 0. The maximum atomic E-state index is 8.52. The smallest absolute Gasteiger partial charge is 0.395 e. The van der Waals surface area contributed by atoms with Crippen LogP contribution in [0.4, 0.5) is 0 Å². The highest BCUT2D eigenvalue weighted by atomic mass is 28.4. The average Bonchev–Trinajstić information content (AvgIpc) is 2.20. The fourth-order valence-electron chi connectivity index (χ4n) is 1.00. The number of aliphatic hydroxyl groups is 1. The first-order valence-corrected chi connectivity index (χ1v) is 6.15. The molecule has 2 N–H and O–H groups in total. The Labute approximate surface area is 80.4 Å². The van der Waals surface area contributed by atoms with Gasteiger partial charge in [0.1, 0.15) is 0 Å². The molecule has 0 amide bonds. The number of hydrogen-bond acceptors (Lipinski definition) is 5. The van der Waals surface area contributed by atoms with Crippen LogP contribution in [-0.2, 0) is 13.3 Å². The summed E-state index contributed by atoms with van der Waals surface area (Å²) >= 11 is 0. The summed E-state index contributed by atoms with van der Waals surface area (Å²) in [5.74, 6) is 0. The van der Waals surface area contributed by atoms with Crippen molar-refractivity contribution in [2.24, 2.45) is 0 Å². The number of rotatable bonds is 8. The average molecular weight is 209 g/mol. The molecule has 0 saturated carbocycles. The van der Waals surface area contributed by atoms with Gasteiger partial charge in [0.25, 0.3) is 0 Å². The molecule has 0 aromatic carbocycles. The highest BCUT2D eigenvalue weighted by Crippen LogP contribution is 2.10. The molecule has 13 heavy (non-hydrogen) atoms. The highest BCUT2D eigenvalue weighted by molar-refractivity contribution is 6.60. The maximum absolute atomic E-state index is 8.52. The second-order valence-electron chi connectivity index (χ2n) is 2.52. The second kappa shape index (κ2) is 7.42. The molecule has 0 heterocycles. The predicted octanol–water partition coefficient (Wildman–Crippen LogP) is -0.554. The van der Waals surface area contributed by atoms with E-state index in [1.807, 2.05) is 0 Å². The van der Waals surface area contributed by atoms with Crippen LogP contribution in [0.15, 0.2) is 0 Å².